The van der Waals surface area contributed by atoms with Gasteiger partial charge in [0.2, 0.25) is 0 Å². The molecule has 1 heterocycles. The Labute approximate surface area is 137 Å². The van der Waals surface area contributed by atoms with Crippen LogP contribution in [0, 0.1) is 0 Å². The second kappa shape index (κ2) is 9.06. The average molecular weight is 319 g/mol. The van der Waals surface area contributed by atoms with Crippen LogP contribution < -0.4 is 0 Å². The highest BCUT2D eigenvalue weighted by atomic mass is 32.1. The van der Waals surface area contributed by atoms with Gasteiger partial charge in [-0.15, -0.1) is 11.3 Å². The van der Waals surface area contributed by atoms with Gasteiger partial charge in [-0.3, -0.25) is 4.90 Å². The van der Waals surface area contributed by atoms with Crippen molar-refractivity contribution >= 4 is 11.3 Å². The van der Waals surface area contributed by atoms with Crippen molar-refractivity contribution in [2.75, 3.05) is 13.2 Å². The van der Waals surface area contributed by atoms with E-state index in [0.29, 0.717) is 25.8 Å². The van der Waals surface area contributed by atoms with E-state index in [-0.39, 0.29) is 0 Å². The summed E-state index contributed by atoms with van der Waals surface area (Å²) >= 11 is 1.68. The Morgan fingerprint density at radius 3 is 2.55 bits per heavy atom. The molecule has 0 aliphatic carbocycles. The van der Waals surface area contributed by atoms with Gasteiger partial charge in [0.05, 0.1) is 19.3 Å². The first kappa shape index (κ1) is 17.2. The van der Waals surface area contributed by atoms with Crippen molar-refractivity contribution in [3.8, 4) is 0 Å². The Morgan fingerprint density at radius 1 is 1.14 bits per heavy atom. The molecule has 0 radical (unpaired) electrons. The molecule has 1 aromatic heterocycles. The van der Waals surface area contributed by atoms with Crippen LogP contribution in [0.1, 0.15) is 24.3 Å². The van der Waals surface area contributed by atoms with E-state index in [4.69, 9.17) is 4.74 Å². The maximum absolute atomic E-state index is 10.2. The SMILES string of the molecule is CC(C)N(Cc1ccccc1)CC(O)COCc1cccs1. The molecule has 0 aliphatic heterocycles. The maximum Gasteiger partial charge on any atom is 0.0900 e. The van der Waals surface area contributed by atoms with Crippen LogP contribution in [0.15, 0.2) is 47.8 Å². The molecule has 0 aliphatic rings. The molecule has 0 saturated heterocycles. The molecule has 22 heavy (non-hydrogen) atoms. The molecule has 4 heteroatoms. The molecule has 2 aromatic rings. The second-order valence-corrected chi connectivity index (χ2v) is 6.79. The van der Waals surface area contributed by atoms with E-state index in [0.717, 1.165) is 6.54 Å². The second-order valence-electron chi connectivity index (χ2n) is 5.76. The number of benzene rings is 1. The van der Waals surface area contributed by atoms with E-state index in [1.807, 2.05) is 23.6 Å². The number of nitrogens with zero attached hydrogens (tertiary/aromatic N) is 1. The van der Waals surface area contributed by atoms with Crippen LogP contribution in [-0.4, -0.2) is 35.3 Å². The van der Waals surface area contributed by atoms with Gasteiger partial charge in [0.25, 0.3) is 0 Å². The van der Waals surface area contributed by atoms with Crippen molar-refractivity contribution < 1.29 is 9.84 Å². The first-order valence-corrected chi connectivity index (χ1v) is 8.59. The highest BCUT2D eigenvalue weighted by molar-refractivity contribution is 7.09. The molecule has 0 spiro atoms. The van der Waals surface area contributed by atoms with Gasteiger partial charge in [0.1, 0.15) is 0 Å². The van der Waals surface area contributed by atoms with Gasteiger partial charge in [0.15, 0.2) is 0 Å². The molecule has 0 bridgehead atoms. The van der Waals surface area contributed by atoms with E-state index in [9.17, 15) is 5.11 Å². The van der Waals surface area contributed by atoms with Gasteiger partial charge < -0.3 is 9.84 Å². The third-order valence-electron chi connectivity index (χ3n) is 3.54. The highest BCUT2D eigenvalue weighted by Crippen LogP contribution is 2.11. The van der Waals surface area contributed by atoms with E-state index < -0.39 is 6.10 Å². The van der Waals surface area contributed by atoms with Crippen LogP contribution in [0.2, 0.25) is 0 Å². The zero-order valence-corrected chi connectivity index (χ0v) is 14.1. The summed E-state index contributed by atoms with van der Waals surface area (Å²) in [7, 11) is 0. The lowest BCUT2D eigenvalue weighted by molar-refractivity contribution is 0.00385. The van der Waals surface area contributed by atoms with Crippen molar-refractivity contribution in [1.82, 2.24) is 4.90 Å². The fourth-order valence-electron chi connectivity index (χ4n) is 2.29. The summed E-state index contributed by atoms with van der Waals surface area (Å²) in [4.78, 5) is 3.46. The molecule has 0 fully saturated rings. The molecule has 1 unspecified atom stereocenters. The zero-order valence-electron chi connectivity index (χ0n) is 13.3. The van der Waals surface area contributed by atoms with Crippen LogP contribution in [0.3, 0.4) is 0 Å². The van der Waals surface area contributed by atoms with Crippen molar-refractivity contribution in [1.29, 1.82) is 0 Å². The molecule has 1 atom stereocenters. The number of aliphatic hydroxyl groups excluding tert-OH is 1. The molecule has 120 valence electrons. The molecule has 1 aromatic carbocycles. The first-order chi connectivity index (χ1) is 10.6. The quantitative estimate of drug-likeness (QED) is 0.767. The third-order valence-corrected chi connectivity index (χ3v) is 4.39. The van der Waals surface area contributed by atoms with E-state index >= 15 is 0 Å². The minimum atomic E-state index is -0.467. The molecule has 3 nitrogen and oxygen atoms in total. The summed E-state index contributed by atoms with van der Waals surface area (Å²) in [5.41, 5.74) is 1.27. The van der Waals surface area contributed by atoms with Gasteiger partial charge >= 0.3 is 0 Å². The lowest BCUT2D eigenvalue weighted by Gasteiger charge is -2.28. The van der Waals surface area contributed by atoms with Crippen molar-refractivity contribution in [3.05, 3.63) is 58.3 Å². The topological polar surface area (TPSA) is 32.7 Å². The summed E-state index contributed by atoms with van der Waals surface area (Å²) in [6, 6.07) is 14.8. The van der Waals surface area contributed by atoms with Crippen LogP contribution in [-0.2, 0) is 17.9 Å². The average Bonchev–Trinajstić information content (AvgIpc) is 3.01. The normalized spacial score (nSPS) is 13.0. The Balaban J connectivity index is 1.77. The van der Waals surface area contributed by atoms with Gasteiger partial charge in [0, 0.05) is 24.0 Å². The van der Waals surface area contributed by atoms with Crippen molar-refractivity contribution in [2.45, 2.75) is 39.1 Å². The Morgan fingerprint density at radius 2 is 1.91 bits per heavy atom. The van der Waals surface area contributed by atoms with Gasteiger partial charge in [-0.25, -0.2) is 0 Å². The van der Waals surface area contributed by atoms with E-state index in [2.05, 4.69) is 43.0 Å². The van der Waals surface area contributed by atoms with Crippen LogP contribution in [0.5, 0.6) is 0 Å². The largest absolute Gasteiger partial charge is 0.389 e. The minimum absolute atomic E-state index is 0.371. The highest BCUT2D eigenvalue weighted by Gasteiger charge is 2.15. The lowest BCUT2D eigenvalue weighted by Crippen LogP contribution is -2.38. The molecule has 0 amide bonds. The van der Waals surface area contributed by atoms with E-state index in [1.165, 1.54) is 10.4 Å². The molecular weight excluding hydrogens is 294 g/mol. The fourth-order valence-corrected chi connectivity index (χ4v) is 2.93. The lowest BCUT2D eigenvalue weighted by atomic mass is 10.1. The number of hydrogen-bond donors (Lipinski definition) is 1. The van der Waals surface area contributed by atoms with Gasteiger partial charge in [-0.1, -0.05) is 36.4 Å². The number of thiophene rings is 1. The first-order valence-electron chi connectivity index (χ1n) is 7.71. The number of rotatable bonds is 9. The summed E-state index contributed by atoms with van der Waals surface area (Å²) in [5.74, 6) is 0. The van der Waals surface area contributed by atoms with Crippen LogP contribution in [0.4, 0.5) is 0 Å². The van der Waals surface area contributed by atoms with Crippen LogP contribution in [0.25, 0.3) is 0 Å². The Kier molecular flexibility index (Phi) is 7.06. The predicted octanol–water partition coefficient (Wildman–Crippen LogP) is 3.54. The number of aliphatic hydroxyl groups is 1. The smallest absolute Gasteiger partial charge is 0.0900 e. The Hall–Kier alpha value is -1.20. The van der Waals surface area contributed by atoms with Gasteiger partial charge in [-0.05, 0) is 30.9 Å². The summed E-state index contributed by atoms with van der Waals surface area (Å²) in [5, 5.41) is 12.2. The summed E-state index contributed by atoms with van der Waals surface area (Å²) in [6.45, 7) is 6.73. The van der Waals surface area contributed by atoms with Crippen molar-refractivity contribution in [2.24, 2.45) is 0 Å². The van der Waals surface area contributed by atoms with Gasteiger partial charge in [-0.2, -0.15) is 0 Å². The van der Waals surface area contributed by atoms with E-state index in [1.54, 1.807) is 11.3 Å². The number of ether oxygens (including phenoxy) is 1. The monoisotopic (exact) mass is 319 g/mol. The number of hydrogen-bond acceptors (Lipinski definition) is 4. The zero-order chi connectivity index (χ0) is 15.8. The van der Waals surface area contributed by atoms with Crippen LogP contribution >= 0.6 is 11.3 Å². The fraction of sp³-hybridized carbons (Fsp3) is 0.444. The molecule has 1 N–H and O–H groups in total. The van der Waals surface area contributed by atoms with Crippen molar-refractivity contribution in [3.63, 3.8) is 0 Å². The molecular formula is C18H25NO2S. The Bertz CT molecular complexity index is 513. The molecule has 2 rings (SSSR count). The third kappa shape index (κ3) is 5.89. The summed E-state index contributed by atoms with van der Waals surface area (Å²) < 4.78 is 5.60. The summed E-state index contributed by atoms with van der Waals surface area (Å²) in [6.07, 6.45) is -0.467. The minimum Gasteiger partial charge on any atom is -0.389 e. The standard InChI is InChI=1S/C18H25NO2S/c1-15(2)19(11-16-7-4-3-5-8-16)12-17(20)13-21-14-18-9-6-10-22-18/h3-10,15,17,20H,11-14H2,1-2H3. The maximum atomic E-state index is 10.2. The predicted molar refractivity (Wildman–Crippen MR) is 92.0 cm³/mol. The molecule has 0 saturated carbocycles.